The van der Waals surface area contributed by atoms with E-state index in [2.05, 4.69) is 15.5 Å². The Labute approximate surface area is 104 Å². The summed E-state index contributed by atoms with van der Waals surface area (Å²) in [6, 6.07) is 6.55. The Morgan fingerprint density at radius 2 is 2.17 bits per heavy atom. The molecule has 5 heteroatoms. The van der Waals surface area contributed by atoms with E-state index in [1.807, 2.05) is 0 Å². The minimum Gasteiger partial charge on any atom is -0.339 e. The van der Waals surface area contributed by atoms with E-state index in [0.29, 0.717) is 12.3 Å². The molecular weight excluding hydrogens is 233 g/mol. The van der Waals surface area contributed by atoms with E-state index in [0.717, 1.165) is 30.8 Å². The SMILES string of the molecule is Fc1ccc(Cc2nc(C3CCCN3)no2)cc1. The molecule has 2 aromatic rings. The van der Waals surface area contributed by atoms with Gasteiger partial charge >= 0.3 is 0 Å². The lowest BCUT2D eigenvalue weighted by molar-refractivity contribution is 0.373. The number of hydrogen-bond acceptors (Lipinski definition) is 4. The Morgan fingerprint density at radius 3 is 2.89 bits per heavy atom. The maximum Gasteiger partial charge on any atom is 0.231 e. The molecule has 1 aromatic heterocycles. The third-order valence-electron chi connectivity index (χ3n) is 3.12. The monoisotopic (exact) mass is 247 g/mol. The summed E-state index contributed by atoms with van der Waals surface area (Å²) in [4.78, 5) is 4.38. The molecule has 1 fully saturated rings. The predicted octanol–water partition coefficient (Wildman–Crippen LogP) is 2.22. The van der Waals surface area contributed by atoms with Crippen LogP contribution in [-0.4, -0.2) is 16.7 Å². The fraction of sp³-hybridized carbons (Fsp3) is 0.385. The Bertz CT molecular complexity index is 517. The Hall–Kier alpha value is -1.75. The first kappa shape index (κ1) is 11.3. The van der Waals surface area contributed by atoms with Gasteiger partial charge in [-0.3, -0.25) is 0 Å². The molecule has 1 unspecified atom stereocenters. The van der Waals surface area contributed by atoms with Gasteiger partial charge in [0, 0.05) is 0 Å². The smallest absolute Gasteiger partial charge is 0.231 e. The molecule has 0 amide bonds. The lowest BCUT2D eigenvalue weighted by Crippen LogP contribution is -2.14. The summed E-state index contributed by atoms with van der Waals surface area (Å²) < 4.78 is 18.0. The topological polar surface area (TPSA) is 51.0 Å². The summed E-state index contributed by atoms with van der Waals surface area (Å²) in [6.45, 7) is 1.01. The second kappa shape index (κ2) is 4.86. The molecular formula is C13H14FN3O. The molecule has 0 bridgehead atoms. The van der Waals surface area contributed by atoms with Crippen LogP contribution in [0.25, 0.3) is 0 Å². The molecule has 1 atom stereocenters. The molecule has 0 spiro atoms. The first-order valence-corrected chi connectivity index (χ1v) is 6.11. The van der Waals surface area contributed by atoms with Gasteiger partial charge < -0.3 is 9.84 Å². The van der Waals surface area contributed by atoms with E-state index < -0.39 is 0 Å². The molecule has 0 radical (unpaired) electrons. The molecule has 94 valence electrons. The first-order chi connectivity index (χ1) is 8.81. The van der Waals surface area contributed by atoms with Gasteiger partial charge in [0.05, 0.1) is 12.5 Å². The van der Waals surface area contributed by atoms with Gasteiger partial charge in [-0.1, -0.05) is 17.3 Å². The maximum absolute atomic E-state index is 12.8. The number of benzene rings is 1. The zero-order valence-electron chi connectivity index (χ0n) is 9.90. The maximum atomic E-state index is 12.8. The van der Waals surface area contributed by atoms with Crippen molar-refractivity contribution in [3.63, 3.8) is 0 Å². The Morgan fingerprint density at radius 1 is 1.33 bits per heavy atom. The van der Waals surface area contributed by atoms with Crippen LogP contribution in [-0.2, 0) is 6.42 Å². The van der Waals surface area contributed by atoms with E-state index in [9.17, 15) is 4.39 Å². The van der Waals surface area contributed by atoms with E-state index in [1.54, 1.807) is 12.1 Å². The lowest BCUT2D eigenvalue weighted by atomic mass is 10.1. The second-order valence-electron chi connectivity index (χ2n) is 4.50. The largest absolute Gasteiger partial charge is 0.339 e. The summed E-state index contributed by atoms with van der Waals surface area (Å²) in [5, 5.41) is 7.31. The summed E-state index contributed by atoms with van der Waals surface area (Å²) >= 11 is 0. The second-order valence-corrected chi connectivity index (χ2v) is 4.50. The highest BCUT2D eigenvalue weighted by Crippen LogP contribution is 2.20. The molecule has 3 rings (SSSR count). The van der Waals surface area contributed by atoms with E-state index in [4.69, 9.17) is 4.52 Å². The third kappa shape index (κ3) is 2.41. The van der Waals surface area contributed by atoms with Crippen LogP contribution in [0.3, 0.4) is 0 Å². The average molecular weight is 247 g/mol. The van der Waals surface area contributed by atoms with Gasteiger partial charge in [-0.2, -0.15) is 4.98 Å². The van der Waals surface area contributed by atoms with Gasteiger partial charge in [-0.15, -0.1) is 0 Å². The molecule has 1 aliphatic rings. The van der Waals surface area contributed by atoms with Crippen molar-refractivity contribution in [1.82, 2.24) is 15.5 Å². The van der Waals surface area contributed by atoms with E-state index in [-0.39, 0.29) is 11.9 Å². The third-order valence-corrected chi connectivity index (χ3v) is 3.12. The minimum absolute atomic E-state index is 0.218. The molecule has 1 aromatic carbocycles. The van der Waals surface area contributed by atoms with Crippen molar-refractivity contribution in [2.75, 3.05) is 6.54 Å². The number of nitrogens with one attached hydrogen (secondary N) is 1. The molecule has 2 heterocycles. The molecule has 18 heavy (non-hydrogen) atoms. The van der Waals surface area contributed by atoms with Crippen LogP contribution in [0.15, 0.2) is 28.8 Å². The summed E-state index contributed by atoms with van der Waals surface area (Å²) in [5.41, 5.74) is 0.964. The van der Waals surface area contributed by atoms with Crippen LogP contribution >= 0.6 is 0 Å². The number of aromatic nitrogens is 2. The van der Waals surface area contributed by atoms with Gasteiger partial charge in [0.1, 0.15) is 5.82 Å². The van der Waals surface area contributed by atoms with Gasteiger partial charge in [-0.05, 0) is 37.1 Å². The minimum atomic E-state index is -0.236. The van der Waals surface area contributed by atoms with Crippen LogP contribution < -0.4 is 5.32 Å². The lowest BCUT2D eigenvalue weighted by Gasteiger charge is -2.01. The highest BCUT2D eigenvalue weighted by atomic mass is 19.1. The highest BCUT2D eigenvalue weighted by Gasteiger charge is 2.21. The fourth-order valence-corrected chi connectivity index (χ4v) is 2.16. The zero-order valence-corrected chi connectivity index (χ0v) is 9.90. The summed E-state index contributed by atoms with van der Waals surface area (Å²) in [6.07, 6.45) is 2.74. The molecule has 4 nitrogen and oxygen atoms in total. The van der Waals surface area contributed by atoms with Crippen molar-refractivity contribution in [3.8, 4) is 0 Å². The van der Waals surface area contributed by atoms with Gasteiger partial charge in [0.2, 0.25) is 5.89 Å². The Balaban J connectivity index is 1.71. The van der Waals surface area contributed by atoms with Crippen molar-refractivity contribution in [3.05, 3.63) is 47.4 Å². The molecule has 1 aliphatic heterocycles. The summed E-state index contributed by atoms with van der Waals surface area (Å²) in [7, 11) is 0. The van der Waals surface area contributed by atoms with Gasteiger partial charge in [0.25, 0.3) is 0 Å². The predicted molar refractivity (Wildman–Crippen MR) is 63.5 cm³/mol. The number of halogens is 1. The molecule has 1 N–H and O–H groups in total. The van der Waals surface area contributed by atoms with Crippen LogP contribution in [0.1, 0.15) is 36.2 Å². The number of hydrogen-bond donors (Lipinski definition) is 1. The fourth-order valence-electron chi connectivity index (χ4n) is 2.16. The van der Waals surface area contributed by atoms with Gasteiger partial charge in [-0.25, -0.2) is 4.39 Å². The van der Waals surface area contributed by atoms with Crippen molar-refractivity contribution < 1.29 is 8.91 Å². The van der Waals surface area contributed by atoms with E-state index >= 15 is 0 Å². The number of rotatable bonds is 3. The quantitative estimate of drug-likeness (QED) is 0.903. The van der Waals surface area contributed by atoms with E-state index in [1.165, 1.54) is 12.1 Å². The highest BCUT2D eigenvalue weighted by molar-refractivity contribution is 5.19. The average Bonchev–Trinajstić information content (AvgIpc) is 3.02. The molecule has 1 saturated heterocycles. The van der Waals surface area contributed by atoms with Crippen molar-refractivity contribution >= 4 is 0 Å². The van der Waals surface area contributed by atoms with Crippen LogP contribution in [0.2, 0.25) is 0 Å². The molecule has 0 aliphatic carbocycles. The Kier molecular flexibility index (Phi) is 3.06. The normalized spacial score (nSPS) is 19.3. The zero-order chi connectivity index (χ0) is 12.4. The van der Waals surface area contributed by atoms with Crippen molar-refractivity contribution in [2.45, 2.75) is 25.3 Å². The van der Waals surface area contributed by atoms with Crippen molar-refractivity contribution in [2.24, 2.45) is 0 Å². The van der Waals surface area contributed by atoms with Crippen LogP contribution in [0, 0.1) is 5.82 Å². The van der Waals surface area contributed by atoms with Crippen molar-refractivity contribution in [1.29, 1.82) is 0 Å². The van der Waals surface area contributed by atoms with Crippen LogP contribution in [0.5, 0.6) is 0 Å². The molecule has 0 saturated carbocycles. The standard InChI is InChI=1S/C13H14FN3O/c14-10-5-3-9(4-6-10)8-12-16-13(17-18-12)11-2-1-7-15-11/h3-6,11,15H,1-2,7-8H2. The van der Waals surface area contributed by atoms with Gasteiger partial charge in [0.15, 0.2) is 5.82 Å². The first-order valence-electron chi connectivity index (χ1n) is 6.11. The summed E-state index contributed by atoms with van der Waals surface area (Å²) in [5.74, 6) is 1.06. The number of nitrogens with zero attached hydrogens (tertiary/aromatic N) is 2. The van der Waals surface area contributed by atoms with Crippen LogP contribution in [0.4, 0.5) is 4.39 Å².